The molecule has 10 heteroatoms. The van der Waals surface area contributed by atoms with Crippen molar-refractivity contribution < 1.29 is 19.5 Å². The van der Waals surface area contributed by atoms with Crippen LogP contribution < -0.4 is 16.4 Å². The number of fused-ring (bicyclic) bond motifs is 1. The Hall–Kier alpha value is -4.21. The highest BCUT2D eigenvalue weighted by atomic mass is 16.4. The number of aromatic carboxylic acids is 1. The van der Waals surface area contributed by atoms with E-state index in [0.29, 0.717) is 16.7 Å². The molecule has 0 spiro atoms. The molecule has 0 aliphatic heterocycles. The summed E-state index contributed by atoms with van der Waals surface area (Å²) in [6.45, 7) is 1.16. The van der Waals surface area contributed by atoms with Crippen molar-refractivity contribution in [2.75, 3.05) is 10.7 Å². The SMILES string of the molecule is CC(=O)/C(=N\Nc1ccccc1C(=O)O)C(=O)Nc1ccc2[nH]c(=O)[nH]c2c1. The molecule has 3 rings (SSSR count). The number of aromatic nitrogens is 2. The summed E-state index contributed by atoms with van der Waals surface area (Å²) in [6, 6.07) is 10.6. The van der Waals surface area contributed by atoms with Crippen LogP contribution in [0.25, 0.3) is 11.0 Å². The standard InChI is InChI=1S/C18H15N5O5/c1-9(24)15(23-22-12-5-3-2-4-11(12)17(26)27)16(25)19-10-6-7-13-14(8-10)21-18(28)20-13/h2-8,22H,1H3,(H,19,25)(H,26,27)(H2,20,21,28)/b23-15+. The molecule has 0 saturated heterocycles. The largest absolute Gasteiger partial charge is 0.478 e. The zero-order chi connectivity index (χ0) is 20.3. The van der Waals surface area contributed by atoms with Crippen molar-refractivity contribution in [1.82, 2.24) is 9.97 Å². The molecule has 10 nitrogen and oxygen atoms in total. The molecule has 142 valence electrons. The van der Waals surface area contributed by atoms with Gasteiger partial charge < -0.3 is 20.4 Å². The van der Waals surface area contributed by atoms with Gasteiger partial charge in [0.1, 0.15) is 0 Å². The summed E-state index contributed by atoms with van der Waals surface area (Å²) in [4.78, 5) is 51.9. The Morgan fingerprint density at radius 3 is 2.46 bits per heavy atom. The molecule has 28 heavy (non-hydrogen) atoms. The van der Waals surface area contributed by atoms with E-state index in [2.05, 4.69) is 25.8 Å². The molecule has 0 radical (unpaired) electrons. The average molecular weight is 381 g/mol. The van der Waals surface area contributed by atoms with Crippen LogP contribution in [0.2, 0.25) is 0 Å². The Morgan fingerprint density at radius 1 is 1.04 bits per heavy atom. The maximum Gasteiger partial charge on any atom is 0.337 e. The molecule has 0 saturated carbocycles. The third-order valence-corrected chi connectivity index (χ3v) is 3.77. The summed E-state index contributed by atoms with van der Waals surface area (Å²) in [5, 5.41) is 15.5. The van der Waals surface area contributed by atoms with E-state index in [4.69, 9.17) is 5.11 Å². The van der Waals surface area contributed by atoms with Gasteiger partial charge in [0.25, 0.3) is 5.91 Å². The van der Waals surface area contributed by atoms with Crippen LogP contribution in [-0.2, 0) is 9.59 Å². The van der Waals surface area contributed by atoms with Gasteiger partial charge in [0.05, 0.1) is 22.3 Å². The monoisotopic (exact) mass is 381 g/mol. The molecule has 3 aromatic rings. The van der Waals surface area contributed by atoms with Crippen LogP contribution in [0, 0.1) is 0 Å². The summed E-state index contributed by atoms with van der Waals surface area (Å²) in [6.07, 6.45) is 0. The van der Waals surface area contributed by atoms with Gasteiger partial charge in [0.15, 0.2) is 11.5 Å². The predicted octanol–water partition coefficient (Wildman–Crippen LogP) is 1.55. The lowest BCUT2D eigenvalue weighted by molar-refractivity contribution is -0.114. The molecular formula is C18H15N5O5. The number of carbonyl (C=O) groups is 3. The molecule has 0 fully saturated rings. The summed E-state index contributed by atoms with van der Waals surface area (Å²) >= 11 is 0. The van der Waals surface area contributed by atoms with Crippen molar-refractivity contribution in [3.63, 3.8) is 0 Å². The molecule has 0 bridgehead atoms. The molecule has 1 heterocycles. The van der Waals surface area contributed by atoms with Crippen molar-refractivity contribution in [3.8, 4) is 0 Å². The Morgan fingerprint density at radius 2 is 1.75 bits per heavy atom. The highest BCUT2D eigenvalue weighted by Crippen LogP contribution is 2.16. The number of hydrogen-bond acceptors (Lipinski definition) is 6. The fourth-order valence-electron chi connectivity index (χ4n) is 2.47. The van der Waals surface area contributed by atoms with Gasteiger partial charge in [0.2, 0.25) is 0 Å². The first-order valence-corrected chi connectivity index (χ1v) is 8.05. The van der Waals surface area contributed by atoms with Gasteiger partial charge in [0, 0.05) is 12.6 Å². The Labute approximate surface area is 157 Å². The second kappa shape index (κ2) is 7.58. The number of benzene rings is 2. The lowest BCUT2D eigenvalue weighted by Gasteiger charge is -2.08. The van der Waals surface area contributed by atoms with Gasteiger partial charge >= 0.3 is 11.7 Å². The number of amides is 1. The van der Waals surface area contributed by atoms with Crippen LogP contribution in [0.5, 0.6) is 0 Å². The van der Waals surface area contributed by atoms with Crippen molar-refractivity contribution in [3.05, 3.63) is 58.5 Å². The van der Waals surface area contributed by atoms with E-state index in [-0.39, 0.29) is 16.9 Å². The topological polar surface area (TPSA) is 157 Å². The molecule has 0 aliphatic rings. The molecule has 0 atom stereocenters. The van der Waals surface area contributed by atoms with Crippen molar-refractivity contribution in [1.29, 1.82) is 0 Å². The first-order valence-electron chi connectivity index (χ1n) is 8.05. The molecule has 0 aliphatic carbocycles. The summed E-state index contributed by atoms with van der Waals surface area (Å²) in [5.41, 5.74) is 3.09. The van der Waals surface area contributed by atoms with E-state index in [1.54, 1.807) is 24.3 Å². The Kier molecular flexibility index (Phi) is 5.03. The van der Waals surface area contributed by atoms with Crippen LogP contribution >= 0.6 is 0 Å². The number of imidazole rings is 1. The first-order chi connectivity index (χ1) is 13.3. The average Bonchev–Trinajstić information content (AvgIpc) is 3.01. The fraction of sp³-hybridized carbons (Fsp3) is 0.0556. The number of rotatable bonds is 6. The number of ketones is 1. The Balaban J connectivity index is 1.83. The van der Waals surface area contributed by atoms with E-state index in [0.717, 1.165) is 6.92 Å². The van der Waals surface area contributed by atoms with E-state index in [1.165, 1.54) is 18.2 Å². The fourth-order valence-corrected chi connectivity index (χ4v) is 2.47. The highest BCUT2D eigenvalue weighted by molar-refractivity contribution is 6.67. The Bertz CT molecular complexity index is 1170. The van der Waals surface area contributed by atoms with Crippen LogP contribution in [0.3, 0.4) is 0 Å². The van der Waals surface area contributed by atoms with Crippen LogP contribution in [0.1, 0.15) is 17.3 Å². The quantitative estimate of drug-likeness (QED) is 0.248. The van der Waals surface area contributed by atoms with Crippen LogP contribution in [0.4, 0.5) is 11.4 Å². The normalized spacial score (nSPS) is 11.2. The van der Waals surface area contributed by atoms with Crippen molar-refractivity contribution in [2.24, 2.45) is 5.10 Å². The number of carboxylic acid groups (broad SMARTS) is 1. The number of para-hydroxylation sites is 1. The molecule has 0 unspecified atom stereocenters. The zero-order valence-corrected chi connectivity index (χ0v) is 14.6. The summed E-state index contributed by atoms with van der Waals surface area (Å²) in [5.74, 6) is -2.58. The van der Waals surface area contributed by atoms with Gasteiger partial charge in [-0.3, -0.25) is 15.0 Å². The molecule has 1 aromatic heterocycles. The van der Waals surface area contributed by atoms with Gasteiger partial charge in [-0.1, -0.05) is 12.1 Å². The van der Waals surface area contributed by atoms with Gasteiger partial charge in [-0.15, -0.1) is 0 Å². The van der Waals surface area contributed by atoms with Crippen LogP contribution in [-0.4, -0.2) is 38.4 Å². The van der Waals surface area contributed by atoms with E-state index >= 15 is 0 Å². The number of aromatic amines is 2. The second-order valence-electron chi connectivity index (χ2n) is 5.77. The van der Waals surface area contributed by atoms with Gasteiger partial charge in [-0.25, -0.2) is 9.59 Å². The van der Waals surface area contributed by atoms with Gasteiger partial charge in [-0.2, -0.15) is 5.10 Å². The van der Waals surface area contributed by atoms with E-state index < -0.39 is 23.4 Å². The lowest BCUT2D eigenvalue weighted by Crippen LogP contribution is -2.29. The molecule has 2 aromatic carbocycles. The summed E-state index contributed by atoms with van der Waals surface area (Å²) < 4.78 is 0. The number of anilines is 2. The number of Topliss-reactive ketones (excluding diaryl/α,β-unsaturated/α-hetero) is 1. The third-order valence-electron chi connectivity index (χ3n) is 3.77. The molecule has 1 amide bonds. The lowest BCUT2D eigenvalue weighted by atomic mass is 10.2. The number of hydrogen-bond donors (Lipinski definition) is 5. The second-order valence-corrected chi connectivity index (χ2v) is 5.77. The van der Waals surface area contributed by atoms with E-state index in [1.807, 2.05) is 0 Å². The van der Waals surface area contributed by atoms with Crippen LogP contribution in [0.15, 0.2) is 52.4 Å². The minimum atomic E-state index is -1.18. The number of carboxylic acids is 1. The maximum atomic E-state index is 12.4. The number of nitrogens with zero attached hydrogens (tertiary/aromatic N) is 1. The molecular weight excluding hydrogens is 366 g/mol. The predicted molar refractivity (Wildman–Crippen MR) is 103 cm³/mol. The van der Waals surface area contributed by atoms with Crippen molar-refractivity contribution >= 4 is 45.8 Å². The minimum Gasteiger partial charge on any atom is -0.478 e. The number of H-pyrrole nitrogens is 2. The number of carbonyl (C=O) groups excluding carboxylic acids is 2. The summed E-state index contributed by atoms with van der Waals surface area (Å²) in [7, 11) is 0. The van der Waals surface area contributed by atoms with E-state index in [9.17, 15) is 19.2 Å². The highest BCUT2D eigenvalue weighted by Gasteiger charge is 2.18. The number of hydrazone groups is 1. The van der Waals surface area contributed by atoms with Gasteiger partial charge in [-0.05, 0) is 30.3 Å². The molecule has 5 N–H and O–H groups in total. The zero-order valence-electron chi connectivity index (χ0n) is 14.6. The van der Waals surface area contributed by atoms with Crippen molar-refractivity contribution in [2.45, 2.75) is 6.92 Å². The first kappa shape index (κ1) is 18.6. The smallest absolute Gasteiger partial charge is 0.337 e. The third kappa shape index (κ3) is 3.96. The maximum absolute atomic E-state index is 12.4. The minimum absolute atomic E-state index is 0.0589. The number of nitrogens with one attached hydrogen (secondary N) is 4.